The van der Waals surface area contributed by atoms with Gasteiger partial charge in [0.05, 0.1) is 31.3 Å². The van der Waals surface area contributed by atoms with E-state index in [0.29, 0.717) is 32.6 Å². The third-order valence-corrected chi connectivity index (χ3v) is 5.48. The van der Waals surface area contributed by atoms with Crippen molar-refractivity contribution in [3.05, 3.63) is 59.6 Å². The van der Waals surface area contributed by atoms with Crippen LogP contribution in [0, 0.1) is 0 Å². The summed E-state index contributed by atoms with van der Waals surface area (Å²) < 4.78 is 10.5. The van der Waals surface area contributed by atoms with Crippen LogP contribution in [-0.4, -0.2) is 30.1 Å². The summed E-state index contributed by atoms with van der Waals surface area (Å²) in [6, 6.07) is 14.5. The van der Waals surface area contributed by atoms with Gasteiger partial charge in [-0.2, -0.15) is 0 Å². The maximum Gasteiger partial charge on any atom is 0.267 e. The molecule has 0 unspecified atom stereocenters. The largest absolute Gasteiger partial charge is 0.493 e. The van der Waals surface area contributed by atoms with Gasteiger partial charge in [-0.3, -0.25) is 9.78 Å². The minimum atomic E-state index is -0.308. The number of hydrogen-bond donors (Lipinski definition) is 2. The standard InChI is InChI=1S/C21H18N4O3S/c1-27-16-9-6-12(11-17(16)28-2)24-20(26)19-18(22)13-7-8-15(25-21(13)29-19)14-5-3-4-10-23-14/h3-11H,22H2,1-2H3,(H,24,26). The number of anilines is 2. The molecular formula is C21H18N4O3S. The Bertz CT molecular complexity index is 1190. The first kappa shape index (κ1) is 18.7. The second-order valence-corrected chi connectivity index (χ2v) is 7.13. The second-order valence-electron chi connectivity index (χ2n) is 6.13. The molecule has 0 atom stereocenters. The molecule has 0 aliphatic heterocycles. The molecule has 1 amide bonds. The van der Waals surface area contributed by atoms with Gasteiger partial charge in [0.15, 0.2) is 11.5 Å². The molecule has 0 spiro atoms. The Morgan fingerprint density at radius 3 is 2.59 bits per heavy atom. The van der Waals surface area contributed by atoms with E-state index >= 15 is 0 Å². The normalized spacial score (nSPS) is 10.7. The second kappa shape index (κ2) is 7.76. The average molecular weight is 406 g/mol. The van der Waals surface area contributed by atoms with Gasteiger partial charge in [0.1, 0.15) is 9.71 Å². The first-order chi connectivity index (χ1) is 14.1. The number of nitrogen functional groups attached to an aromatic ring is 1. The van der Waals surface area contributed by atoms with E-state index < -0.39 is 0 Å². The number of amides is 1. The minimum absolute atomic E-state index is 0.308. The molecule has 0 aliphatic rings. The highest BCUT2D eigenvalue weighted by atomic mass is 32.1. The van der Waals surface area contributed by atoms with Crippen molar-refractivity contribution in [2.45, 2.75) is 0 Å². The molecule has 0 saturated carbocycles. The van der Waals surface area contributed by atoms with E-state index in [1.54, 1.807) is 31.5 Å². The number of pyridine rings is 2. The molecule has 146 valence electrons. The van der Waals surface area contributed by atoms with Crippen molar-refractivity contribution in [1.82, 2.24) is 9.97 Å². The van der Waals surface area contributed by atoms with E-state index in [9.17, 15) is 4.79 Å². The van der Waals surface area contributed by atoms with Crippen LogP contribution in [0.4, 0.5) is 11.4 Å². The van der Waals surface area contributed by atoms with E-state index in [1.165, 1.54) is 18.4 Å². The lowest BCUT2D eigenvalue weighted by Crippen LogP contribution is -2.12. The maximum absolute atomic E-state index is 12.8. The number of carbonyl (C=O) groups is 1. The van der Waals surface area contributed by atoms with E-state index in [2.05, 4.69) is 15.3 Å². The van der Waals surface area contributed by atoms with Crippen LogP contribution in [0.1, 0.15) is 9.67 Å². The summed E-state index contributed by atoms with van der Waals surface area (Å²) in [5, 5.41) is 3.59. The molecule has 0 aliphatic carbocycles. The first-order valence-corrected chi connectivity index (χ1v) is 9.56. The molecule has 3 heterocycles. The van der Waals surface area contributed by atoms with Crippen LogP contribution in [0.5, 0.6) is 11.5 Å². The van der Waals surface area contributed by atoms with Crippen molar-refractivity contribution < 1.29 is 14.3 Å². The zero-order chi connectivity index (χ0) is 20.4. The molecule has 7 nitrogen and oxygen atoms in total. The van der Waals surface area contributed by atoms with Crippen molar-refractivity contribution in [3.8, 4) is 22.9 Å². The number of carbonyl (C=O) groups excluding carboxylic acids is 1. The number of aromatic nitrogens is 2. The molecule has 0 saturated heterocycles. The van der Waals surface area contributed by atoms with Crippen molar-refractivity contribution in [1.29, 1.82) is 0 Å². The number of fused-ring (bicyclic) bond motifs is 1. The minimum Gasteiger partial charge on any atom is -0.493 e. The van der Waals surface area contributed by atoms with Gasteiger partial charge in [-0.25, -0.2) is 4.98 Å². The summed E-state index contributed by atoms with van der Waals surface area (Å²) >= 11 is 1.25. The molecule has 4 aromatic rings. The SMILES string of the molecule is COc1ccc(NC(=O)c2sc3nc(-c4ccccn4)ccc3c2N)cc1OC. The Labute approximate surface area is 171 Å². The van der Waals surface area contributed by atoms with Crippen LogP contribution in [0.3, 0.4) is 0 Å². The highest BCUT2D eigenvalue weighted by molar-refractivity contribution is 7.21. The summed E-state index contributed by atoms with van der Waals surface area (Å²) in [5.41, 5.74) is 8.70. The number of thiophene rings is 1. The number of nitrogens with two attached hydrogens (primary N) is 1. The average Bonchev–Trinajstić information content (AvgIpc) is 3.10. The zero-order valence-corrected chi connectivity index (χ0v) is 16.6. The summed E-state index contributed by atoms with van der Waals surface area (Å²) in [4.78, 5) is 22.8. The highest BCUT2D eigenvalue weighted by Gasteiger charge is 2.19. The van der Waals surface area contributed by atoms with E-state index in [1.807, 2.05) is 30.3 Å². The quantitative estimate of drug-likeness (QED) is 0.515. The summed E-state index contributed by atoms with van der Waals surface area (Å²) in [6.45, 7) is 0. The summed E-state index contributed by atoms with van der Waals surface area (Å²) in [7, 11) is 3.10. The topological polar surface area (TPSA) is 99.4 Å². The van der Waals surface area contributed by atoms with Crippen molar-refractivity contribution in [2.24, 2.45) is 0 Å². The fraction of sp³-hybridized carbons (Fsp3) is 0.0952. The molecule has 1 aromatic carbocycles. The van der Waals surface area contributed by atoms with Crippen molar-refractivity contribution in [3.63, 3.8) is 0 Å². The first-order valence-electron chi connectivity index (χ1n) is 8.74. The molecule has 29 heavy (non-hydrogen) atoms. The number of nitrogens with one attached hydrogen (secondary N) is 1. The maximum atomic E-state index is 12.8. The molecule has 0 bridgehead atoms. The van der Waals surface area contributed by atoms with Crippen LogP contribution in [0.2, 0.25) is 0 Å². The van der Waals surface area contributed by atoms with E-state index in [4.69, 9.17) is 15.2 Å². The highest BCUT2D eigenvalue weighted by Crippen LogP contribution is 2.35. The van der Waals surface area contributed by atoms with Gasteiger partial charge >= 0.3 is 0 Å². The van der Waals surface area contributed by atoms with Crippen LogP contribution in [0.25, 0.3) is 21.6 Å². The third-order valence-electron chi connectivity index (χ3n) is 4.37. The molecule has 8 heteroatoms. The third kappa shape index (κ3) is 3.57. The number of benzene rings is 1. The summed E-state index contributed by atoms with van der Waals surface area (Å²) in [5.74, 6) is 0.798. The lowest BCUT2D eigenvalue weighted by molar-refractivity contribution is 0.103. The number of hydrogen-bond acceptors (Lipinski definition) is 7. The van der Waals surface area contributed by atoms with Crippen molar-refractivity contribution in [2.75, 3.05) is 25.3 Å². The Morgan fingerprint density at radius 1 is 1.03 bits per heavy atom. The molecule has 3 N–H and O–H groups in total. The Hall–Kier alpha value is -3.65. The lowest BCUT2D eigenvalue weighted by Gasteiger charge is -2.10. The molecular weight excluding hydrogens is 388 g/mol. The Balaban J connectivity index is 1.65. The van der Waals surface area contributed by atoms with Crippen LogP contribution in [0.15, 0.2) is 54.7 Å². The number of ether oxygens (including phenoxy) is 2. The predicted octanol–water partition coefficient (Wildman–Crippen LogP) is 4.21. The molecule has 3 aromatic heterocycles. The number of rotatable bonds is 5. The molecule has 0 fully saturated rings. The van der Waals surface area contributed by atoms with Gasteiger partial charge < -0.3 is 20.5 Å². The summed E-state index contributed by atoms with van der Waals surface area (Å²) in [6.07, 6.45) is 1.71. The zero-order valence-electron chi connectivity index (χ0n) is 15.8. The van der Waals surface area contributed by atoms with Crippen LogP contribution < -0.4 is 20.5 Å². The number of methoxy groups -OCH3 is 2. The monoisotopic (exact) mass is 406 g/mol. The Morgan fingerprint density at radius 2 is 1.86 bits per heavy atom. The van der Waals surface area contributed by atoms with Gasteiger partial charge in [0.25, 0.3) is 5.91 Å². The molecule has 0 radical (unpaired) electrons. The van der Waals surface area contributed by atoms with E-state index in [0.717, 1.165) is 16.8 Å². The number of nitrogens with zero attached hydrogens (tertiary/aromatic N) is 2. The van der Waals surface area contributed by atoms with Crippen LogP contribution in [-0.2, 0) is 0 Å². The predicted molar refractivity (Wildman–Crippen MR) is 115 cm³/mol. The molecule has 4 rings (SSSR count). The van der Waals surface area contributed by atoms with Crippen LogP contribution >= 0.6 is 11.3 Å². The lowest BCUT2D eigenvalue weighted by atomic mass is 10.2. The fourth-order valence-electron chi connectivity index (χ4n) is 2.92. The Kier molecular flexibility index (Phi) is 5.01. The van der Waals surface area contributed by atoms with Gasteiger partial charge in [-0.15, -0.1) is 11.3 Å². The van der Waals surface area contributed by atoms with Gasteiger partial charge in [0.2, 0.25) is 0 Å². The van der Waals surface area contributed by atoms with Gasteiger partial charge in [-0.1, -0.05) is 6.07 Å². The smallest absolute Gasteiger partial charge is 0.267 e. The van der Waals surface area contributed by atoms with Gasteiger partial charge in [0, 0.05) is 23.3 Å². The fourth-order valence-corrected chi connectivity index (χ4v) is 3.91. The van der Waals surface area contributed by atoms with Gasteiger partial charge in [-0.05, 0) is 36.4 Å². The van der Waals surface area contributed by atoms with E-state index in [-0.39, 0.29) is 5.91 Å². The van der Waals surface area contributed by atoms with Crippen molar-refractivity contribution >= 4 is 38.8 Å².